The van der Waals surface area contributed by atoms with Crippen LogP contribution in [0.25, 0.3) is 22.2 Å². The van der Waals surface area contributed by atoms with Crippen molar-refractivity contribution in [3.63, 3.8) is 0 Å². The quantitative estimate of drug-likeness (QED) is 0.546. The number of pyridine rings is 1. The summed E-state index contributed by atoms with van der Waals surface area (Å²) in [6, 6.07) is 18.2. The van der Waals surface area contributed by atoms with Gasteiger partial charge in [0.05, 0.1) is 12.2 Å². The third-order valence-electron chi connectivity index (χ3n) is 5.17. The van der Waals surface area contributed by atoms with E-state index < -0.39 is 0 Å². The van der Waals surface area contributed by atoms with Gasteiger partial charge >= 0.3 is 0 Å². The molecule has 2 aromatic heterocycles. The SMILES string of the molecule is Cc1ccc(C)c(Cn2c(=O)cc(-c3ccccc3)c3c(C)nn(C)c32)c1. The van der Waals surface area contributed by atoms with Gasteiger partial charge in [0.15, 0.2) is 0 Å². The van der Waals surface area contributed by atoms with Gasteiger partial charge in [-0.15, -0.1) is 0 Å². The summed E-state index contributed by atoms with van der Waals surface area (Å²) in [6.45, 7) is 6.70. The second-order valence-corrected chi connectivity index (χ2v) is 7.19. The van der Waals surface area contributed by atoms with E-state index in [1.54, 1.807) is 6.07 Å². The first-order valence-corrected chi connectivity index (χ1v) is 9.14. The molecule has 2 heterocycles. The van der Waals surface area contributed by atoms with Crippen LogP contribution in [0.1, 0.15) is 22.4 Å². The first-order chi connectivity index (χ1) is 13.0. The summed E-state index contributed by atoms with van der Waals surface area (Å²) >= 11 is 0. The van der Waals surface area contributed by atoms with Crippen LogP contribution in [0.4, 0.5) is 0 Å². The molecule has 0 radical (unpaired) electrons. The van der Waals surface area contributed by atoms with E-state index in [2.05, 4.69) is 37.1 Å². The molecule has 0 saturated heterocycles. The lowest BCUT2D eigenvalue weighted by Crippen LogP contribution is -2.22. The van der Waals surface area contributed by atoms with Crippen LogP contribution >= 0.6 is 0 Å². The number of aromatic nitrogens is 3. The van der Waals surface area contributed by atoms with Gasteiger partial charge in [-0.1, -0.05) is 54.1 Å². The number of nitrogens with zero attached hydrogens (tertiary/aromatic N) is 3. The second-order valence-electron chi connectivity index (χ2n) is 7.19. The summed E-state index contributed by atoms with van der Waals surface area (Å²) in [4.78, 5) is 13.1. The largest absolute Gasteiger partial charge is 0.288 e. The summed E-state index contributed by atoms with van der Waals surface area (Å²) in [5, 5.41) is 5.65. The number of rotatable bonds is 3. The van der Waals surface area contributed by atoms with Crippen LogP contribution in [0.3, 0.4) is 0 Å². The summed E-state index contributed by atoms with van der Waals surface area (Å²) in [6.07, 6.45) is 0. The molecule has 2 aromatic carbocycles. The van der Waals surface area contributed by atoms with Crippen LogP contribution < -0.4 is 5.56 Å². The Morgan fingerprint density at radius 3 is 2.44 bits per heavy atom. The standard InChI is InChI=1S/C23H23N3O/c1-15-10-11-16(2)19(12-15)14-26-21(27)13-20(18-8-6-5-7-9-18)22-17(3)24-25(4)23(22)26/h5-13H,14H2,1-4H3. The molecule has 0 bridgehead atoms. The molecule has 0 saturated carbocycles. The third kappa shape index (κ3) is 2.97. The minimum absolute atomic E-state index is 0.00902. The van der Waals surface area contributed by atoms with E-state index in [9.17, 15) is 4.79 Å². The van der Waals surface area contributed by atoms with Crippen LogP contribution in [0.15, 0.2) is 59.4 Å². The van der Waals surface area contributed by atoms with Crippen molar-refractivity contribution in [2.75, 3.05) is 0 Å². The Balaban J connectivity index is 1.99. The van der Waals surface area contributed by atoms with E-state index in [-0.39, 0.29) is 5.56 Å². The lowest BCUT2D eigenvalue weighted by atomic mass is 10.0. The van der Waals surface area contributed by atoms with Crippen LogP contribution in [0.5, 0.6) is 0 Å². The highest BCUT2D eigenvalue weighted by Gasteiger charge is 2.17. The lowest BCUT2D eigenvalue weighted by Gasteiger charge is -2.14. The maximum Gasteiger partial charge on any atom is 0.253 e. The maximum absolute atomic E-state index is 13.1. The fourth-order valence-corrected chi connectivity index (χ4v) is 3.79. The number of benzene rings is 2. The molecule has 0 aliphatic heterocycles. The van der Waals surface area contributed by atoms with Gasteiger partial charge in [0.2, 0.25) is 0 Å². The molecular weight excluding hydrogens is 334 g/mol. The van der Waals surface area contributed by atoms with Gasteiger partial charge in [-0.2, -0.15) is 5.10 Å². The Bertz CT molecular complexity index is 1200. The molecule has 0 fully saturated rings. The summed E-state index contributed by atoms with van der Waals surface area (Å²) < 4.78 is 3.66. The minimum Gasteiger partial charge on any atom is -0.288 e. The Morgan fingerprint density at radius 2 is 1.70 bits per heavy atom. The summed E-state index contributed by atoms with van der Waals surface area (Å²) in [5.74, 6) is 0. The normalized spacial score (nSPS) is 11.3. The highest BCUT2D eigenvalue weighted by Crippen LogP contribution is 2.29. The molecule has 0 amide bonds. The zero-order valence-corrected chi connectivity index (χ0v) is 16.2. The molecule has 0 aliphatic carbocycles. The van der Waals surface area contributed by atoms with Crippen molar-refractivity contribution in [3.8, 4) is 11.1 Å². The molecule has 0 atom stereocenters. The van der Waals surface area contributed by atoms with Gasteiger partial charge in [-0.05, 0) is 43.0 Å². The predicted molar refractivity (Wildman–Crippen MR) is 110 cm³/mol. The van der Waals surface area contributed by atoms with Crippen molar-refractivity contribution in [1.82, 2.24) is 14.3 Å². The van der Waals surface area contributed by atoms with Crippen molar-refractivity contribution in [2.24, 2.45) is 7.05 Å². The summed E-state index contributed by atoms with van der Waals surface area (Å²) in [5.41, 5.74) is 7.30. The van der Waals surface area contributed by atoms with E-state index in [0.29, 0.717) is 6.54 Å². The molecule has 0 N–H and O–H groups in total. The fraction of sp³-hybridized carbons (Fsp3) is 0.217. The zero-order valence-electron chi connectivity index (χ0n) is 16.2. The van der Waals surface area contributed by atoms with Crippen LogP contribution in [-0.2, 0) is 13.6 Å². The van der Waals surface area contributed by atoms with Crippen molar-refractivity contribution in [3.05, 3.63) is 87.3 Å². The van der Waals surface area contributed by atoms with Gasteiger partial charge in [0.25, 0.3) is 5.56 Å². The van der Waals surface area contributed by atoms with Crippen molar-refractivity contribution < 1.29 is 0 Å². The van der Waals surface area contributed by atoms with Gasteiger partial charge < -0.3 is 0 Å². The van der Waals surface area contributed by atoms with E-state index in [4.69, 9.17) is 0 Å². The molecular formula is C23H23N3O. The third-order valence-corrected chi connectivity index (χ3v) is 5.17. The average Bonchev–Trinajstić information content (AvgIpc) is 2.95. The van der Waals surface area contributed by atoms with E-state index in [1.807, 2.05) is 53.6 Å². The van der Waals surface area contributed by atoms with E-state index >= 15 is 0 Å². The first kappa shape index (κ1) is 17.3. The van der Waals surface area contributed by atoms with E-state index in [0.717, 1.165) is 33.4 Å². The van der Waals surface area contributed by atoms with Gasteiger partial charge in [0.1, 0.15) is 5.65 Å². The van der Waals surface area contributed by atoms with Crippen molar-refractivity contribution in [2.45, 2.75) is 27.3 Å². The molecule has 4 nitrogen and oxygen atoms in total. The molecule has 0 aliphatic rings. The molecule has 0 unspecified atom stereocenters. The molecule has 4 aromatic rings. The molecule has 27 heavy (non-hydrogen) atoms. The Kier molecular flexibility index (Phi) is 4.19. The van der Waals surface area contributed by atoms with Gasteiger partial charge in [-0.3, -0.25) is 14.0 Å². The highest BCUT2D eigenvalue weighted by atomic mass is 16.1. The minimum atomic E-state index is -0.00902. The molecule has 4 heteroatoms. The fourth-order valence-electron chi connectivity index (χ4n) is 3.79. The van der Waals surface area contributed by atoms with Crippen molar-refractivity contribution >= 4 is 11.0 Å². The monoisotopic (exact) mass is 357 g/mol. The van der Waals surface area contributed by atoms with Crippen LogP contribution in [0.2, 0.25) is 0 Å². The van der Waals surface area contributed by atoms with E-state index in [1.165, 1.54) is 11.1 Å². The molecule has 4 rings (SSSR count). The number of fused-ring (bicyclic) bond motifs is 1. The second kappa shape index (κ2) is 6.54. The van der Waals surface area contributed by atoms with Crippen molar-refractivity contribution in [1.29, 1.82) is 0 Å². The van der Waals surface area contributed by atoms with Crippen LogP contribution in [-0.4, -0.2) is 14.3 Å². The molecule has 136 valence electrons. The van der Waals surface area contributed by atoms with Gasteiger partial charge in [0, 0.05) is 18.5 Å². The first-order valence-electron chi connectivity index (χ1n) is 9.14. The highest BCUT2D eigenvalue weighted by molar-refractivity contribution is 5.95. The number of aryl methyl sites for hydroxylation is 4. The lowest BCUT2D eigenvalue weighted by molar-refractivity contribution is 0.707. The smallest absolute Gasteiger partial charge is 0.253 e. The zero-order chi connectivity index (χ0) is 19.1. The average molecular weight is 357 g/mol. The maximum atomic E-state index is 13.1. The van der Waals surface area contributed by atoms with Crippen LogP contribution in [0, 0.1) is 20.8 Å². The Labute approximate surface area is 158 Å². The summed E-state index contributed by atoms with van der Waals surface area (Å²) in [7, 11) is 1.91. The molecule has 0 spiro atoms. The number of hydrogen-bond donors (Lipinski definition) is 0. The topological polar surface area (TPSA) is 39.8 Å². The Morgan fingerprint density at radius 1 is 0.963 bits per heavy atom. The van der Waals surface area contributed by atoms with Gasteiger partial charge in [-0.25, -0.2) is 0 Å². The number of hydrogen-bond acceptors (Lipinski definition) is 2. The predicted octanol–water partition coefficient (Wildman–Crippen LogP) is 4.38. The Hall–Kier alpha value is -3.14.